The zero-order valence-corrected chi connectivity index (χ0v) is 11.9. The van der Waals surface area contributed by atoms with Gasteiger partial charge in [0.1, 0.15) is 0 Å². The van der Waals surface area contributed by atoms with Crippen molar-refractivity contribution in [1.29, 1.82) is 0 Å². The van der Waals surface area contributed by atoms with Gasteiger partial charge >= 0.3 is 6.18 Å². The van der Waals surface area contributed by atoms with Gasteiger partial charge in [0.25, 0.3) is 0 Å². The molecule has 1 fully saturated rings. The van der Waals surface area contributed by atoms with Crippen LogP contribution in [0.1, 0.15) is 43.7 Å². The molecule has 2 nitrogen and oxygen atoms in total. The Morgan fingerprint density at radius 3 is 2.43 bits per heavy atom. The normalized spacial score (nSPS) is 24.8. The Hall–Kier alpha value is -1.07. The van der Waals surface area contributed by atoms with Crippen LogP contribution in [0.3, 0.4) is 0 Å². The Labute approximate surface area is 123 Å². The molecule has 0 saturated heterocycles. The van der Waals surface area contributed by atoms with Crippen molar-refractivity contribution in [3.63, 3.8) is 0 Å². The molecule has 0 amide bonds. The number of nitrogens with one attached hydrogen (secondary N) is 1. The summed E-state index contributed by atoms with van der Waals surface area (Å²) in [6.45, 7) is 0.0329. The molecule has 0 aliphatic heterocycles. The van der Waals surface area contributed by atoms with Crippen molar-refractivity contribution in [2.75, 3.05) is 6.61 Å². The van der Waals surface area contributed by atoms with Crippen molar-refractivity contribution in [1.82, 2.24) is 5.32 Å². The number of hydrogen-bond acceptors (Lipinski definition) is 2. The quantitative estimate of drug-likeness (QED) is 0.866. The number of halogens is 3. The van der Waals surface area contributed by atoms with E-state index in [4.69, 9.17) is 0 Å². The van der Waals surface area contributed by atoms with Gasteiger partial charge in [-0.05, 0) is 24.3 Å². The standard InChI is InChI=1S/C16H22F3NO/c17-16(18,19)10-15(12-6-2-1-3-7-12)20-14-9-5-4-8-13(14)11-21/h1-3,6-7,13-15,20-21H,4-5,8-11H2. The summed E-state index contributed by atoms with van der Waals surface area (Å²) < 4.78 is 38.5. The third-order valence-corrected chi connectivity index (χ3v) is 4.20. The van der Waals surface area contributed by atoms with Gasteiger partial charge in [-0.25, -0.2) is 0 Å². The molecule has 2 rings (SSSR count). The zero-order valence-electron chi connectivity index (χ0n) is 11.9. The largest absolute Gasteiger partial charge is 0.396 e. The highest BCUT2D eigenvalue weighted by atomic mass is 19.4. The molecule has 0 spiro atoms. The number of hydrogen-bond donors (Lipinski definition) is 2. The molecule has 1 aliphatic rings. The third-order valence-electron chi connectivity index (χ3n) is 4.20. The van der Waals surface area contributed by atoms with E-state index in [0.717, 1.165) is 25.7 Å². The minimum Gasteiger partial charge on any atom is -0.396 e. The summed E-state index contributed by atoms with van der Waals surface area (Å²) in [4.78, 5) is 0. The summed E-state index contributed by atoms with van der Waals surface area (Å²) >= 11 is 0. The molecule has 21 heavy (non-hydrogen) atoms. The lowest BCUT2D eigenvalue weighted by atomic mass is 9.84. The molecular weight excluding hydrogens is 279 g/mol. The van der Waals surface area contributed by atoms with Crippen molar-refractivity contribution < 1.29 is 18.3 Å². The summed E-state index contributed by atoms with van der Waals surface area (Å²) in [5, 5.41) is 12.6. The monoisotopic (exact) mass is 301 g/mol. The Morgan fingerprint density at radius 2 is 1.81 bits per heavy atom. The Balaban J connectivity index is 2.11. The molecule has 1 aromatic carbocycles. The Kier molecular flexibility index (Phi) is 5.65. The van der Waals surface area contributed by atoms with Crippen LogP contribution in [0.25, 0.3) is 0 Å². The second-order valence-corrected chi connectivity index (χ2v) is 5.78. The van der Waals surface area contributed by atoms with E-state index in [1.54, 1.807) is 30.3 Å². The van der Waals surface area contributed by atoms with Gasteiger partial charge in [-0.1, -0.05) is 43.2 Å². The van der Waals surface area contributed by atoms with Crippen molar-refractivity contribution in [2.45, 2.75) is 50.4 Å². The lowest BCUT2D eigenvalue weighted by molar-refractivity contribution is -0.141. The highest BCUT2D eigenvalue weighted by molar-refractivity contribution is 5.19. The van der Waals surface area contributed by atoms with Gasteiger partial charge in [0.2, 0.25) is 0 Å². The van der Waals surface area contributed by atoms with Crippen LogP contribution in [0.2, 0.25) is 0 Å². The van der Waals surface area contributed by atoms with Crippen molar-refractivity contribution in [3.05, 3.63) is 35.9 Å². The molecule has 1 aliphatic carbocycles. The lowest BCUT2D eigenvalue weighted by Gasteiger charge is -2.34. The minimum absolute atomic E-state index is 0.0329. The molecule has 2 N–H and O–H groups in total. The van der Waals surface area contributed by atoms with Gasteiger partial charge in [0, 0.05) is 18.7 Å². The number of rotatable bonds is 5. The summed E-state index contributed by atoms with van der Waals surface area (Å²) in [6.07, 6.45) is -1.35. The van der Waals surface area contributed by atoms with Crippen LogP contribution < -0.4 is 5.32 Å². The second-order valence-electron chi connectivity index (χ2n) is 5.78. The van der Waals surface area contributed by atoms with Crippen LogP contribution in [-0.2, 0) is 0 Å². The number of alkyl halides is 3. The van der Waals surface area contributed by atoms with E-state index in [1.165, 1.54) is 0 Å². The summed E-state index contributed by atoms with van der Waals surface area (Å²) in [7, 11) is 0. The predicted molar refractivity (Wildman–Crippen MR) is 75.8 cm³/mol. The van der Waals surface area contributed by atoms with Gasteiger partial charge in [0.05, 0.1) is 6.42 Å². The molecular formula is C16H22F3NO. The Bertz CT molecular complexity index is 421. The first-order valence-corrected chi connectivity index (χ1v) is 7.48. The summed E-state index contributed by atoms with van der Waals surface area (Å²) in [5.41, 5.74) is 0.650. The fourth-order valence-electron chi connectivity index (χ4n) is 3.09. The van der Waals surface area contributed by atoms with Crippen LogP contribution in [0.4, 0.5) is 13.2 Å². The molecule has 0 aromatic heterocycles. The van der Waals surface area contributed by atoms with E-state index >= 15 is 0 Å². The second kappa shape index (κ2) is 7.27. The van der Waals surface area contributed by atoms with Gasteiger partial charge in [-0.3, -0.25) is 0 Å². The molecule has 3 atom stereocenters. The van der Waals surface area contributed by atoms with Crippen LogP contribution in [0.15, 0.2) is 30.3 Å². The molecule has 1 aromatic rings. The fraction of sp³-hybridized carbons (Fsp3) is 0.625. The van der Waals surface area contributed by atoms with Gasteiger partial charge in [0.15, 0.2) is 0 Å². The summed E-state index contributed by atoms with van der Waals surface area (Å²) in [5.74, 6) is 0.0539. The van der Waals surface area contributed by atoms with Crippen LogP contribution in [-0.4, -0.2) is 23.9 Å². The van der Waals surface area contributed by atoms with E-state index in [0.29, 0.717) is 5.56 Å². The van der Waals surface area contributed by atoms with Crippen molar-refractivity contribution in [3.8, 4) is 0 Å². The molecule has 118 valence electrons. The smallest absolute Gasteiger partial charge is 0.390 e. The van der Waals surface area contributed by atoms with Crippen LogP contribution in [0, 0.1) is 5.92 Å². The average molecular weight is 301 g/mol. The minimum atomic E-state index is -4.21. The van der Waals surface area contributed by atoms with E-state index in [2.05, 4.69) is 5.32 Å². The zero-order chi connectivity index (χ0) is 15.3. The number of aliphatic hydroxyl groups is 1. The van der Waals surface area contributed by atoms with Crippen molar-refractivity contribution in [2.24, 2.45) is 5.92 Å². The molecule has 5 heteroatoms. The third kappa shape index (κ3) is 5.00. The molecule has 0 radical (unpaired) electrons. The highest BCUT2D eigenvalue weighted by Crippen LogP contribution is 2.32. The highest BCUT2D eigenvalue weighted by Gasteiger charge is 2.35. The Morgan fingerprint density at radius 1 is 1.14 bits per heavy atom. The van der Waals surface area contributed by atoms with E-state index in [-0.39, 0.29) is 18.6 Å². The maximum atomic E-state index is 12.8. The number of benzene rings is 1. The summed E-state index contributed by atoms with van der Waals surface area (Å²) in [6, 6.07) is 7.96. The number of aliphatic hydroxyl groups excluding tert-OH is 1. The van der Waals surface area contributed by atoms with E-state index in [1.807, 2.05) is 0 Å². The van der Waals surface area contributed by atoms with Gasteiger partial charge in [-0.15, -0.1) is 0 Å². The average Bonchev–Trinajstić information content (AvgIpc) is 2.47. The molecule has 0 bridgehead atoms. The lowest BCUT2D eigenvalue weighted by Crippen LogP contribution is -2.43. The van der Waals surface area contributed by atoms with E-state index < -0.39 is 18.6 Å². The van der Waals surface area contributed by atoms with Gasteiger partial charge < -0.3 is 10.4 Å². The van der Waals surface area contributed by atoms with E-state index in [9.17, 15) is 18.3 Å². The molecule has 3 unspecified atom stereocenters. The maximum Gasteiger partial charge on any atom is 0.390 e. The first kappa shape index (κ1) is 16.3. The first-order chi connectivity index (χ1) is 9.99. The topological polar surface area (TPSA) is 32.3 Å². The first-order valence-electron chi connectivity index (χ1n) is 7.48. The predicted octanol–water partition coefficient (Wildman–Crippen LogP) is 3.82. The maximum absolute atomic E-state index is 12.8. The van der Waals surface area contributed by atoms with Gasteiger partial charge in [-0.2, -0.15) is 13.2 Å². The fourth-order valence-corrected chi connectivity index (χ4v) is 3.09. The van der Waals surface area contributed by atoms with Crippen LogP contribution >= 0.6 is 0 Å². The van der Waals surface area contributed by atoms with Crippen molar-refractivity contribution >= 4 is 0 Å². The molecule has 1 saturated carbocycles. The SMILES string of the molecule is OCC1CCCCC1NC(CC(F)(F)F)c1ccccc1. The van der Waals surface area contributed by atoms with Crippen LogP contribution in [0.5, 0.6) is 0 Å². The molecule has 0 heterocycles.